The molecule has 2 aliphatic heterocycles. The number of benzene rings is 2. The molecule has 2 aromatic carbocycles. The average molecular weight is 516 g/mol. The molecule has 4 rings (SSSR count). The molecule has 0 aliphatic carbocycles. The predicted molar refractivity (Wildman–Crippen MR) is 142 cm³/mol. The van der Waals surface area contributed by atoms with Crippen LogP contribution in [0.5, 0.6) is 0 Å². The molecule has 2 aromatic rings. The maximum atomic E-state index is 13.9. The number of hydrogen-bond donors (Lipinski definition) is 4. The van der Waals surface area contributed by atoms with Gasteiger partial charge in [-0.05, 0) is 42.7 Å². The summed E-state index contributed by atoms with van der Waals surface area (Å²) in [6.45, 7) is -0.151. The zero-order valence-electron chi connectivity index (χ0n) is 21.1. The third-order valence-corrected chi connectivity index (χ3v) is 7.38. The molecule has 4 amide bonds. The first-order valence-electron chi connectivity index (χ1n) is 12.9. The number of hydrogen-bond acceptors (Lipinski definition) is 5. The smallest absolute Gasteiger partial charge is 0.295 e. The minimum Gasteiger partial charge on any atom is -0.345 e. The van der Waals surface area contributed by atoms with Crippen LogP contribution in [0.1, 0.15) is 42.9 Å². The Hall–Kier alpha value is -4.16. The van der Waals surface area contributed by atoms with Crippen LogP contribution < -0.4 is 21.7 Å². The van der Waals surface area contributed by atoms with Gasteiger partial charge in [0.25, 0.3) is 5.91 Å². The highest BCUT2D eigenvalue weighted by Crippen LogP contribution is 2.34. The molecule has 9 heteroatoms. The standard InChI is InChI=1S/C29H33N5O4/c1-2-24(35)31-18-21-13-14-22-15-16-23(34(22)29(38)27(21)32-25(36)17-30)28(37)33-26(19-9-5-3-6-10-19)20-11-7-4-8-12-20/h1,3-12,21-23,26-27H,13-18,30H2,(H,31,35)(H,32,36)(H,33,37)/t21-,22+,23?,27?/m1/s1. The molecule has 0 saturated carbocycles. The normalized spacial score (nSPS) is 22.7. The van der Waals surface area contributed by atoms with Gasteiger partial charge >= 0.3 is 0 Å². The van der Waals surface area contributed by atoms with Gasteiger partial charge in [-0.25, -0.2) is 0 Å². The topological polar surface area (TPSA) is 134 Å². The van der Waals surface area contributed by atoms with Crippen LogP contribution in [0.3, 0.4) is 0 Å². The molecule has 0 spiro atoms. The SMILES string of the molecule is C#CC(=O)NC[C@H]1CC[C@H]2CCC(C(=O)NC(c3ccccc3)c3ccccc3)N2C(=O)C1NC(=O)CN. The van der Waals surface area contributed by atoms with Crippen LogP contribution in [0.2, 0.25) is 0 Å². The molecule has 5 N–H and O–H groups in total. The lowest BCUT2D eigenvalue weighted by molar-refractivity contribution is -0.143. The summed E-state index contributed by atoms with van der Waals surface area (Å²) in [6, 6.07) is 17.2. The van der Waals surface area contributed by atoms with Crippen LogP contribution in [0, 0.1) is 18.3 Å². The first kappa shape index (κ1) is 26.9. The number of nitrogens with one attached hydrogen (secondary N) is 3. The van der Waals surface area contributed by atoms with Crippen molar-refractivity contribution in [1.82, 2.24) is 20.9 Å². The number of fused-ring (bicyclic) bond motifs is 1. The summed E-state index contributed by atoms with van der Waals surface area (Å²) in [4.78, 5) is 53.2. The molecule has 0 radical (unpaired) electrons. The summed E-state index contributed by atoms with van der Waals surface area (Å²) in [7, 11) is 0. The number of nitrogens with zero attached hydrogens (tertiary/aromatic N) is 1. The van der Waals surface area contributed by atoms with Gasteiger partial charge in [0.15, 0.2) is 0 Å². The van der Waals surface area contributed by atoms with Crippen LogP contribution in [-0.2, 0) is 19.2 Å². The first-order valence-corrected chi connectivity index (χ1v) is 12.9. The lowest BCUT2D eigenvalue weighted by Gasteiger charge is -2.33. The largest absolute Gasteiger partial charge is 0.345 e. The van der Waals surface area contributed by atoms with Crippen molar-refractivity contribution in [1.29, 1.82) is 0 Å². The van der Waals surface area contributed by atoms with Crippen LogP contribution >= 0.6 is 0 Å². The zero-order valence-corrected chi connectivity index (χ0v) is 21.1. The molecule has 38 heavy (non-hydrogen) atoms. The predicted octanol–water partition coefficient (Wildman–Crippen LogP) is 0.855. The second-order valence-electron chi connectivity index (χ2n) is 9.70. The Morgan fingerprint density at radius 2 is 1.58 bits per heavy atom. The fourth-order valence-electron chi connectivity index (χ4n) is 5.49. The minimum absolute atomic E-state index is 0.131. The fraction of sp³-hybridized carbons (Fsp3) is 0.379. The molecular formula is C29H33N5O4. The number of rotatable bonds is 8. The third-order valence-electron chi connectivity index (χ3n) is 7.38. The molecule has 2 unspecified atom stereocenters. The van der Waals surface area contributed by atoms with Crippen molar-refractivity contribution in [2.45, 2.75) is 49.9 Å². The molecule has 0 bridgehead atoms. The van der Waals surface area contributed by atoms with Gasteiger partial charge in [-0.2, -0.15) is 0 Å². The highest BCUT2D eigenvalue weighted by molar-refractivity contribution is 5.94. The highest BCUT2D eigenvalue weighted by Gasteiger charge is 2.47. The Labute approximate surface area is 222 Å². The van der Waals surface area contributed by atoms with Crippen LogP contribution in [0.4, 0.5) is 0 Å². The number of terminal acetylenes is 1. The van der Waals surface area contributed by atoms with E-state index in [0.29, 0.717) is 25.7 Å². The van der Waals surface area contributed by atoms with Gasteiger partial charge in [0.2, 0.25) is 17.7 Å². The summed E-state index contributed by atoms with van der Waals surface area (Å²) in [6.07, 6.45) is 7.57. The van der Waals surface area contributed by atoms with E-state index in [0.717, 1.165) is 11.1 Å². The Bertz CT molecular complexity index is 1160. The quantitative estimate of drug-likeness (QED) is 0.387. The molecule has 2 aliphatic rings. The van der Waals surface area contributed by atoms with E-state index in [1.807, 2.05) is 66.6 Å². The zero-order chi connectivity index (χ0) is 27.1. The molecule has 2 fully saturated rings. The van der Waals surface area contributed by atoms with Crippen molar-refractivity contribution in [3.8, 4) is 12.3 Å². The van der Waals surface area contributed by atoms with Gasteiger partial charge in [-0.3, -0.25) is 19.2 Å². The van der Waals surface area contributed by atoms with E-state index in [4.69, 9.17) is 12.2 Å². The van der Waals surface area contributed by atoms with Crippen LogP contribution in [-0.4, -0.2) is 59.7 Å². The summed E-state index contributed by atoms with van der Waals surface area (Å²) < 4.78 is 0. The molecule has 2 heterocycles. The Morgan fingerprint density at radius 3 is 2.16 bits per heavy atom. The van der Waals surface area contributed by atoms with E-state index in [2.05, 4.69) is 16.0 Å². The fourth-order valence-corrected chi connectivity index (χ4v) is 5.49. The van der Waals surface area contributed by atoms with E-state index >= 15 is 0 Å². The second kappa shape index (κ2) is 12.4. The third kappa shape index (κ3) is 6.03. The Balaban J connectivity index is 1.58. The summed E-state index contributed by atoms with van der Waals surface area (Å²) >= 11 is 0. The van der Waals surface area contributed by atoms with Crippen LogP contribution in [0.15, 0.2) is 60.7 Å². The Morgan fingerprint density at radius 1 is 0.974 bits per heavy atom. The van der Waals surface area contributed by atoms with Gasteiger partial charge in [-0.1, -0.05) is 60.7 Å². The summed E-state index contributed by atoms with van der Waals surface area (Å²) in [5.74, 6) is -0.0467. The van der Waals surface area contributed by atoms with Crippen molar-refractivity contribution in [2.75, 3.05) is 13.1 Å². The lowest BCUT2D eigenvalue weighted by atomic mass is 9.93. The summed E-state index contributed by atoms with van der Waals surface area (Å²) in [5.41, 5.74) is 7.38. The van der Waals surface area contributed by atoms with Gasteiger partial charge in [-0.15, -0.1) is 6.42 Å². The molecule has 0 aromatic heterocycles. The van der Waals surface area contributed by atoms with Crippen LogP contribution in [0.25, 0.3) is 0 Å². The minimum atomic E-state index is -0.929. The van der Waals surface area contributed by atoms with Crippen molar-refractivity contribution in [2.24, 2.45) is 11.7 Å². The molecule has 198 valence electrons. The number of carbonyl (C=O) groups excluding carboxylic acids is 4. The highest BCUT2D eigenvalue weighted by atomic mass is 16.2. The Kier molecular flexibility index (Phi) is 8.77. The number of carbonyl (C=O) groups is 4. The number of nitrogens with two attached hydrogens (primary N) is 1. The van der Waals surface area contributed by atoms with Crippen molar-refractivity contribution < 1.29 is 19.2 Å². The number of amides is 4. The van der Waals surface area contributed by atoms with Gasteiger partial charge in [0.1, 0.15) is 12.1 Å². The monoisotopic (exact) mass is 515 g/mol. The average Bonchev–Trinajstić information content (AvgIpc) is 3.34. The maximum absolute atomic E-state index is 13.9. The van der Waals surface area contributed by atoms with E-state index in [1.165, 1.54) is 0 Å². The maximum Gasteiger partial charge on any atom is 0.295 e. The second-order valence-corrected chi connectivity index (χ2v) is 9.70. The van der Waals surface area contributed by atoms with Gasteiger partial charge in [0.05, 0.1) is 12.6 Å². The lowest BCUT2D eigenvalue weighted by Crippen LogP contribution is -2.58. The van der Waals surface area contributed by atoms with E-state index in [1.54, 1.807) is 4.90 Å². The van der Waals surface area contributed by atoms with Gasteiger partial charge < -0.3 is 26.6 Å². The van der Waals surface area contributed by atoms with Crippen molar-refractivity contribution >= 4 is 23.6 Å². The molecule has 2 saturated heterocycles. The van der Waals surface area contributed by atoms with Gasteiger partial charge in [0, 0.05) is 18.5 Å². The molecule has 9 nitrogen and oxygen atoms in total. The first-order chi connectivity index (χ1) is 18.4. The van der Waals surface area contributed by atoms with Crippen molar-refractivity contribution in [3.05, 3.63) is 71.8 Å². The molecular weight excluding hydrogens is 482 g/mol. The van der Waals surface area contributed by atoms with E-state index in [-0.39, 0.29) is 42.9 Å². The van der Waals surface area contributed by atoms with E-state index < -0.39 is 23.9 Å². The van der Waals surface area contributed by atoms with E-state index in [9.17, 15) is 19.2 Å². The molecule has 4 atom stereocenters. The summed E-state index contributed by atoms with van der Waals surface area (Å²) in [5, 5.41) is 8.52. The van der Waals surface area contributed by atoms with Crippen molar-refractivity contribution in [3.63, 3.8) is 0 Å².